The molecule has 0 saturated heterocycles. The van der Waals surface area contributed by atoms with Crippen LogP contribution in [0.15, 0.2) is 0 Å². The van der Waals surface area contributed by atoms with E-state index < -0.39 is 12.3 Å². The Bertz CT molecular complexity index is 150. The van der Waals surface area contributed by atoms with E-state index in [0.29, 0.717) is 18.8 Å². The molecule has 2 heteroatoms. The number of alkyl halides is 1. The lowest BCUT2D eigenvalue weighted by Crippen LogP contribution is -2.35. The molecular weight excluding hydrogens is 155 g/mol. The molecule has 0 heterocycles. The van der Waals surface area contributed by atoms with Crippen LogP contribution in [-0.4, -0.2) is 17.4 Å². The molecule has 1 fully saturated rings. The van der Waals surface area contributed by atoms with Gasteiger partial charge in [-0.15, -0.1) is 0 Å². The molecule has 3 atom stereocenters. The zero-order chi connectivity index (χ0) is 9.35. The average Bonchev–Trinajstić information content (AvgIpc) is 1.92. The third-order valence-corrected chi connectivity index (χ3v) is 2.96. The first-order valence-corrected chi connectivity index (χ1v) is 4.73. The lowest BCUT2D eigenvalue weighted by molar-refractivity contribution is 0.000313. The minimum atomic E-state index is -0.997. The van der Waals surface area contributed by atoms with Crippen molar-refractivity contribution in [1.29, 1.82) is 0 Å². The van der Waals surface area contributed by atoms with Crippen molar-refractivity contribution in [1.82, 2.24) is 0 Å². The van der Waals surface area contributed by atoms with E-state index in [4.69, 9.17) is 0 Å². The van der Waals surface area contributed by atoms with E-state index in [9.17, 15) is 9.50 Å². The second-order valence-corrected chi connectivity index (χ2v) is 4.96. The van der Waals surface area contributed by atoms with Crippen molar-refractivity contribution in [3.05, 3.63) is 0 Å². The fourth-order valence-corrected chi connectivity index (χ4v) is 1.89. The Morgan fingerprint density at radius 2 is 1.83 bits per heavy atom. The molecule has 0 radical (unpaired) electrons. The van der Waals surface area contributed by atoms with E-state index in [2.05, 4.69) is 20.8 Å². The largest absolute Gasteiger partial charge is 0.390 e. The van der Waals surface area contributed by atoms with Crippen LogP contribution in [0.5, 0.6) is 0 Å². The fraction of sp³-hybridized carbons (Fsp3) is 1.00. The van der Waals surface area contributed by atoms with Crippen molar-refractivity contribution in [3.63, 3.8) is 0 Å². The molecule has 0 aromatic carbocycles. The first kappa shape index (κ1) is 9.97. The summed E-state index contributed by atoms with van der Waals surface area (Å²) in [5.74, 6) is 0.427. The number of hydrogen-bond donors (Lipinski definition) is 1. The highest BCUT2D eigenvalue weighted by Gasteiger charge is 2.34. The molecule has 1 aliphatic rings. The zero-order valence-corrected chi connectivity index (χ0v) is 8.18. The van der Waals surface area contributed by atoms with Crippen molar-refractivity contribution in [2.75, 3.05) is 0 Å². The summed E-state index contributed by atoms with van der Waals surface area (Å²) in [4.78, 5) is 0. The number of aliphatic hydroxyl groups excluding tert-OH is 1. The van der Waals surface area contributed by atoms with Gasteiger partial charge in [0, 0.05) is 0 Å². The third kappa shape index (κ3) is 2.19. The van der Waals surface area contributed by atoms with Crippen LogP contribution in [0.2, 0.25) is 0 Å². The SMILES string of the molecule is CC(C)(C)[C@H]1CCC(O)[C@H](F)C1. The Kier molecular flexibility index (Phi) is 2.77. The van der Waals surface area contributed by atoms with Crippen LogP contribution in [0.1, 0.15) is 40.0 Å². The van der Waals surface area contributed by atoms with E-state index in [-0.39, 0.29) is 5.41 Å². The molecule has 1 aliphatic carbocycles. The summed E-state index contributed by atoms with van der Waals surface area (Å²) in [5.41, 5.74) is 0.185. The number of halogens is 1. The lowest BCUT2D eigenvalue weighted by atomic mass is 9.71. The van der Waals surface area contributed by atoms with Gasteiger partial charge in [0.15, 0.2) is 0 Å². The van der Waals surface area contributed by atoms with E-state index in [1.807, 2.05) is 0 Å². The highest BCUT2D eigenvalue weighted by Crippen LogP contribution is 2.38. The molecule has 0 bridgehead atoms. The molecule has 12 heavy (non-hydrogen) atoms. The normalized spacial score (nSPS) is 38.2. The minimum Gasteiger partial charge on any atom is -0.390 e. The Hall–Kier alpha value is -0.110. The van der Waals surface area contributed by atoms with Gasteiger partial charge < -0.3 is 5.11 Å². The van der Waals surface area contributed by atoms with Gasteiger partial charge >= 0.3 is 0 Å². The van der Waals surface area contributed by atoms with Crippen LogP contribution < -0.4 is 0 Å². The summed E-state index contributed by atoms with van der Waals surface area (Å²) in [5, 5.41) is 9.19. The molecule has 0 aliphatic heterocycles. The highest BCUT2D eigenvalue weighted by atomic mass is 19.1. The van der Waals surface area contributed by atoms with Gasteiger partial charge in [0.1, 0.15) is 6.17 Å². The third-order valence-electron chi connectivity index (χ3n) is 2.96. The first-order valence-electron chi connectivity index (χ1n) is 4.73. The number of aliphatic hydroxyl groups is 1. The molecule has 1 rings (SSSR count). The van der Waals surface area contributed by atoms with Gasteiger partial charge in [0.2, 0.25) is 0 Å². The number of hydrogen-bond acceptors (Lipinski definition) is 1. The maximum absolute atomic E-state index is 13.1. The first-order chi connectivity index (χ1) is 5.41. The molecule has 72 valence electrons. The Morgan fingerprint density at radius 1 is 1.25 bits per heavy atom. The molecule has 1 nitrogen and oxygen atoms in total. The zero-order valence-electron chi connectivity index (χ0n) is 8.18. The Labute approximate surface area is 74.0 Å². The van der Waals surface area contributed by atoms with Gasteiger partial charge in [0.25, 0.3) is 0 Å². The monoisotopic (exact) mass is 174 g/mol. The van der Waals surface area contributed by atoms with Crippen LogP contribution in [0.4, 0.5) is 4.39 Å². The highest BCUT2D eigenvalue weighted by molar-refractivity contribution is 4.85. The molecule has 0 amide bonds. The van der Waals surface area contributed by atoms with E-state index in [0.717, 1.165) is 6.42 Å². The summed E-state index contributed by atoms with van der Waals surface area (Å²) >= 11 is 0. The predicted molar refractivity (Wildman–Crippen MR) is 47.7 cm³/mol. The summed E-state index contributed by atoms with van der Waals surface area (Å²) in [6, 6.07) is 0. The standard InChI is InChI=1S/C10H19FO/c1-10(2,3)7-4-5-9(12)8(11)6-7/h7-9,12H,4-6H2,1-3H3/t7-,8+,9?/m0/s1. The molecule has 0 aromatic rings. The van der Waals surface area contributed by atoms with Crippen molar-refractivity contribution < 1.29 is 9.50 Å². The van der Waals surface area contributed by atoms with Crippen LogP contribution in [0, 0.1) is 11.3 Å². The van der Waals surface area contributed by atoms with E-state index >= 15 is 0 Å². The van der Waals surface area contributed by atoms with Crippen LogP contribution in [-0.2, 0) is 0 Å². The van der Waals surface area contributed by atoms with Crippen LogP contribution in [0.3, 0.4) is 0 Å². The van der Waals surface area contributed by atoms with Crippen molar-refractivity contribution >= 4 is 0 Å². The summed E-state index contributed by atoms with van der Waals surface area (Å²) in [7, 11) is 0. The number of rotatable bonds is 0. The maximum atomic E-state index is 13.1. The second kappa shape index (κ2) is 3.33. The van der Waals surface area contributed by atoms with Crippen molar-refractivity contribution in [2.24, 2.45) is 11.3 Å². The van der Waals surface area contributed by atoms with Crippen LogP contribution in [0.25, 0.3) is 0 Å². The van der Waals surface area contributed by atoms with Gasteiger partial charge in [-0.25, -0.2) is 4.39 Å². The summed E-state index contributed by atoms with van der Waals surface area (Å²) in [6.07, 6.45) is 0.422. The van der Waals surface area contributed by atoms with Gasteiger partial charge in [-0.2, -0.15) is 0 Å². The Balaban J connectivity index is 2.51. The molecule has 1 saturated carbocycles. The fourth-order valence-electron chi connectivity index (χ4n) is 1.89. The minimum absolute atomic E-state index is 0.185. The molecule has 1 N–H and O–H groups in total. The maximum Gasteiger partial charge on any atom is 0.126 e. The summed E-state index contributed by atoms with van der Waals surface area (Å²) in [6.45, 7) is 6.42. The smallest absolute Gasteiger partial charge is 0.126 e. The molecule has 0 spiro atoms. The molecule has 1 unspecified atom stereocenters. The quantitative estimate of drug-likeness (QED) is 0.598. The van der Waals surface area contributed by atoms with Gasteiger partial charge in [0.05, 0.1) is 6.10 Å². The van der Waals surface area contributed by atoms with E-state index in [1.165, 1.54) is 0 Å². The van der Waals surface area contributed by atoms with Gasteiger partial charge in [-0.3, -0.25) is 0 Å². The second-order valence-electron chi connectivity index (χ2n) is 4.96. The molecular formula is C10H19FO. The lowest BCUT2D eigenvalue weighted by Gasteiger charge is -2.37. The van der Waals surface area contributed by atoms with Gasteiger partial charge in [-0.05, 0) is 30.6 Å². The predicted octanol–water partition coefficient (Wildman–Crippen LogP) is 2.53. The van der Waals surface area contributed by atoms with E-state index in [1.54, 1.807) is 0 Å². The van der Waals surface area contributed by atoms with Crippen LogP contribution >= 0.6 is 0 Å². The average molecular weight is 174 g/mol. The molecule has 0 aromatic heterocycles. The topological polar surface area (TPSA) is 20.2 Å². The Morgan fingerprint density at radius 3 is 2.25 bits per heavy atom. The van der Waals surface area contributed by atoms with Crippen molar-refractivity contribution in [2.45, 2.75) is 52.3 Å². The van der Waals surface area contributed by atoms with Crippen molar-refractivity contribution in [3.8, 4) is 0 Å². The van der Waals surface area contributed by atoms with Gasteiger partial charge in [-0.1, -0.05) is 20.8 Å². The summed E-state index contributed by atoms with van der Waals surface area (Å²) < 4.78 is 13.1.